The predicted octanol–water partition coefficient (Wildman–Crippen LogP) is 1.57. The van der Waals surface area contributed by atoms with Crippen molar-refractivity contribution in [2.45, 2.75) is 18.4 Å². The van der Waals surface area contributed by atoms with Crippen LogP contribution in [0.15, 0.2) is 27.6 Å². The number of nitrogens with zero attached hydrogens (tertiary/aromatic N) is 3. The lowest BCUT2D eigenvalue weighted by Gasteiger charge is -2.15. The number of ether oxygens (including phenoxy) is 1. The maximum absolute atomic E-state index is 12.3. The number of hydrogen-bond donors (Lipinski definition) is 0. The number of aromatic nitrogens is 2. The van der Waals surface area contributed by atoms with E-state index in [0.717, 1.165) is 6.07 Å². The highest BCUT2D eigenvalue weighted by molar-refractivity contribution is 7.89. The van der Waals surface area contributed by atoms with E-state index in [1.807, 2.05) is 0 Å². The second-order valence-corrected chi connectivity index (χ2v) is 6.87. The number of hydrogen-bond acceptors (Lipinski definition) is 8. The Morgan fingerprint density at radius 1 is 1.42 bits per heavy atom. The van der Waals surface area contributed by atoms with Crippen molar-refractivity contribution in [2.75, 3.05) is 14.2 Å². The van der Waals surface area contributed by atoms with E-state index in [2.05, 4.69) is 15.0 Å². The molecule has 0 amide bonds. The van der Waals surface area contributed by atoms with Gasteiger partial charge in [-0.1, -0.05) is 21.2 Å². The van der Waals surface area contributed by atoms with Gasteiger partial charge in [0.25, 0.3) is 15.9 Å². The summed E-state index contributed by atoms with van der Waals surface area (Å²) in [5, 5.41) is 3.51. The smallest absolute Gasteiger partial charge is 0.338 e. The predicted molar refractivity (Wildman–Crippen MR) is 81.6 cm³/mol. The van der Waals surface area contributed by atoms with E-state index in [1.54, 1.807) is 6.92 Å². The van der Waals surface area contributed by atoms with Crippen molar-refractivity contribution < 1.29 is 27.3 Å². The lowest BCUT2D eigenvalue weighted by Crippen LogP contribution is -2.26. The van der Waals surface area contributed by atoms with Crippen LogP contribution in [0.2, 0.25) is 5.02 Å². The molecule has 1 heterocycles. The third-order valence-electron chi connectivity index (χ3n) is 2.94. The average molecular weight is 376 g/mol. The lowest BCUT2D eigenvalue weighted by atomic mass is 10.2. The minimum Gasteiger partial charge on any atom is -0.452 e. The molecule has 24 heavy (non-hydrogen) atoms. The van der Waals surface area contributed by atoms with Gasteiger partial charge in [0.05, 0.1) is 17.7 Å². The third kappa shape index (κ3) is 3.90. The molecule has 0 aliphatic carbocycles. The molecule has 0 aliphatic heterocycles. The van der Waals surface area contributed by atoms with Crippen molar-refractivity contribution in [3.63, 3.8) is 0 Å². The number of aryl methyl sites for hydroxylation is 1. The summed E-state index contributed by atoms with van der Waals surface area (Å²) in [6.07, 6.45) is 0. The summed E-state index contributed by atoms with van der Waals surface area (Å²) in [5.74, 6) is -0.232. The molecule has 1 aromatic heterocycles. The van der Waals surface area contributed by atoms with Gasteiger partial charge in [0.15, 0.2) is 12.4 Å². The number of benzene rings is 1. The van der Waals surface area contributed by atoms with Crippen LogP contribution in [-0.2, 0) is 26.2 Å². The highest BCUT2D eigenvalue weighted by Gasteiger charge is 2.25. The van der Waals surface area contributed by atoms with E-state index < -0.39 is 16.0 Å². The Hall–Kier alpha value is -2.01. The minimum atomic E-state index is -4.01. The molecule has 0 N–H and O–H groups in total. The van der Waals surface area contributed by atoms with Gasteiger partial charge >= 0.3 is 5.97 Å². The number of esters is 1. The maximum Gasteiger partial charge on any atom is 0.338 e. The number of sulfonamides is 1. The second-order valence-electron chi connectivity index (χ2n) is 4.55. The van der Waals surface area contributed by atoms with Gasteiger partial charge in [-0.25, -0.2) is 13.2 Å². The van der Waals surface area contributed by atoms with Gasteiger partial charge in [-0.15, -0.1) is 0 Å². The van der Waals surface area contributed by atoms with E-state index >= 15 is 0 Å². The molecule has 2 rings (SSSR count). The summed E-state index contributed by atoms with van der Waals surface area (Å²) in [5.41, 5.74) is -0.00119. The van der Waals surface area contributed by atoms with Gasteiger partial charge in [-0.2, -0.15) is 4.98 Å². The third-order valence-corrected chi connectivity index (χ3v) is 5.10. The van der Waals surface area contributed by atoms with Gasteiger partial charge in [0.1, 0.15) is 4.90 Å². The van der Waals surface area contributed by atoms with Crippen LogP contribution in [0.1, 0.15) is 22.1 Å². The first kappa shape index (κ1) is 18.3. The molecular formula is C13H14ClN3O6S. The first-order valence-electron chi connectivity index (χ1n) is 6.54. The van der Waals surface area contributed by atoms with Crippen molar-refractivity contribution in [3.05, 3.63) is 40.5 Å². The zero-order chi connectivity index (χ0) is 17.9. The van der Waals surface area contributed by atoms with Crippen molar-refractivity contribution in [3.8, 4) is 0 Å². The summed E-state index contributed by atoms with van der Waals surface area (Å²) in [4.78, 5) is 20.3. The summed E-state index contributed by atoms with van der Waals surface area (Å²) < 4.78 is 35.0. The molecule has 0 bridgehead atoms. The molecule has 0 aliphatic rings. The molecule has 1 aromatic carbocycles. The SMILES string of the molecule is CON(C)S(=O)(=O)c1cc(C(=O)OCc2nc(C)no2)ccc1Cl. The molecule has 2 aromatic rings. The van der Waals surface area contributed by atoms with Gasteiger partial charge in [0, 0.05) is 7.05 Å². The van der Waals surface area contributed by atoms with Crippen LogP contribution >= 0.6 is 11.6 Å². The highest BCUT2D eigenvalue weighted by atomic mass is 35.5. The van der Waals surface area contributed by atoms with E-state index in [1.165, 1.54) is 26.3 Å². The quantitative estimate of drug-likeness (QED) is 0.552. The van der Waals surface area contributed by atoms with Gasteiger partial charge in [0.2, 0.25) is 0 Å². The van der Waals surface area contributed by atoms with Crippen molar-refractivity contribution >= 4 is 27.6 Å². The van der Waals surface area contributed by atoms with Crippen molar-refractivity contribution in [1.29, 1.82) is 0 Å². The van der Waals surface area contributed by atoms with Crippen LogP contribution in [0.25, 0.3) is 0 Å². The summed E-state index contributed by atoms with van der Waals surface area (Å²) >= 11 is 5.92. The van der Waals surface area contributed by atoms with Crippen molar-refractivity contribution in [1.82, 2.24) is 14.6 Å². The minimum absolute atomic E-state index is 0.00119. The lowest BCUT2D eigenvalue weighted by molar-refractivity contribution is -0.0258. The maximum atomic E-state index is 12.3. The van der Waals surface area contributed by atoms with Crippen molar-refractivity contribution in [2.24, 2.45) is 0 Å². The Kier molecular flexibility index (Phi) is 5.54. The highest BCUT2D eigenvalue weighted by Crippen LogP contribution is 2.25. The number of carbonyl (C=O) groups excluding carboxylic acids is 1. The van der Waals surface area contributed by atoms with Crippen LogP contribution in [0.3, 0.4) is 0 Å². The van der Waals surface area contributed by atoms with Crippen LogP contribution < -0.4 is 0 Å². The van der Waals surface area contributed by atoms with Crippen LogP contribution in [-0.4, -0.2) is 43.2 Å². The molecule has 0 radical (unpaired) electrons. The Morgan fingerprint density at radius 2 is 2.12 bits per heavy atom. The van der Waals surface area contributed by atoms with E-state index in [-0.39, 0.29) is 28.0 Å². The molecule has 130 valence electrons. The molecule has 0 unspecified atom stereocenters. The van der Waals surface area contributed by atoms with Gasteiger partial charge < -0.3 is 9.26 Å². The molecule has 9 nitrogen and oxygen atoms in total. The largest absolute Gasteiger partial charge is 0.452 e. The average Bonchev–Trinajstić information content (AvgIpc) is 2.97. The van der Waals surface area contributed by atoms with Crippen LogP contribution in [0.5, 0.6) is 0 Å². The fourth-order valence-electron chi connectivity index (χ4n) is 1.67. The fourth-order valence-corrected chi connectivity index (χ4v) is 3.15. The standard InChI is InChI=1S/C13H14ClN3O6S/c1-8-15-12(23-16-8)7-22-13(18)9-4-5-10(14)11(6-9)24(19,20)17(2)21-3/h4-6H,7H2,1-3H3. The first-order valence-corrected chi connectivity index (χ1v) is 8.36. The molecule has 11 heteroatoms. The number of carbonyl (C=O) groups is 1. The normalized spacial score (nSPS) is 11.7. The number of hydroxylamine groups is 1. The van der Waals surface area contributed by atoms with Gasteiger partial charge in [-0.3, -0.25) is 4.84 Å². The van der Waals surface area contributed by atoms with Crippen LogP contribution in [0, 0.1) is 6.92 Å². The summed E-state index contributed by atoms with van der Waals surface area (Å²) in [7, 11) is -1.62. The summed E-state index contributed by atoms with van der Waals surface area (Å²) in [6, 6.07) is 3.73. The number of halogens is 1. The Morgan fingerprint density at radius 3 is 2.71 bits per heavy atom. The zero-order valence-corrected chi connectivity index (χ0v) is 14.6. The molecule has 0 saturated heterocycles. The molecule has 0 fully saturated rings. The van der Waals surface area contributed by atoms with E-state index in [0.29, 0.717) is 10.3 Å². The first-order chi connectivity index (χ1) is 11.3. The van der Waals surface area contributed by atoms with Gasteiger partial charge in [-0.05, 0) is 25.1 Å². The fraction of sp³-hybridized carbons (Fsp3) is 0.308. The van der Waals surface area contributed by atoms with E-state index in [4.69, 9.17) is 20.9 Å². The Labute approximate surface area is 143 Å². The zero-order valence-electron chi connectivity index (χ0n) is 13.0. The monoisotopic (exact) mass is 375 g/mol. The second kappa shape index (κ2) is 7.26. The molecule has 0 saturated carbocycles. The Bertz CT molecular complexity index is 851. The molecule has 0 atom stereocenters. The number of rotatable bonds is 6. The summed E-state index contributed by atoms with van der Waals surface area (Å²) in [6.45, 7) is 1.39. The van der Waals surface area contributed by atoms with E-state index in [9.17, 15) is 13.2 Å². The Balaban J connectivity index is 2.22. The molecular weight excluding hydrogens is 362 g/mol. The topological polar surface area (TPSA) is 112 Å². The molecule has 0 spiro atoms. The van der Waals surface area contributed by atoms with Crippen LogP contribution in [0.4, 0.5) is 0 Å².